The summed E-state index contributed by atoms with van der Waals surface area (Å²) in [5, 5.41) is 10.2. The molecule has 2 aliphatic heterocycles. The minimum absolute atomic E-state index is 0.0140. The molecule has 0 aromatic heterocycles. The number of alkyl halides is 3. The van der Waals surface area contributed by atoms with E-state index in [4.69, 9.17) is 0 Å². The van der Waals surface area contributed by atoms with Crippen molar-refractivity contribution < 1.29 is 23.1 Å². The minimum Gasteiger partial charge on any atom is -0.396 e. The average Bonchev–Trinajstić information content (AvgIpc) is 3.24. The zero-order chi connectivity index (χ0) is 19.9. The lowest BCUT2D eigenvalue weighted by atomic mass is 9.70. The Kier molecular flexibility index (Phi) is 4.70. The molecule has 2 aromatic rings. The first-order valence-electron chi connectivity index (χ1n) is 9.49. The second-order valence-corrected chi connectivity index (χ2v) is 7.92. The monoisotopic (exact) mass is 389 g/mol. The summed E-state index contributed by atoms with van der Waals surface area (Å²) in [5.41, 5.74) is 0.220. The summed E-state index contributed by atoms with van der Waals surface area (Å²) in [7, 11) is 0. The van der Waals surface area contributed by atoms with E-state index in [1.807, 2.05) is 35.2 Å². The van der Waals surface area contributed by atoms with Crippen LogP contribution in [0.4, 0.5) is 13.2 Å². The molecule has 0 spiro atoms. The third-order valence-electron chi connectivity index (χ3n) is 6.26. The molecule has 3 atom stereocenters. The van der Waals surface area contributed by atoms with Gasteiger partial charge in [0.25, 0.3) is 5.91 Å². The molecule has 2 heterocycles. The third-order valence-corrected chi connectivity index (χ3v) is 6.26. The summed E-state index contributed by atoms with van der Waals surface area (Å²) in [6, 6.07) is 14.2. The van der Waals surface area contributed by atoms with Crippen LogP contribution in [0.2, 0.25) is 0 Å². The Bertz CT molecular complexity index is 850. The van der Waals surface area contributed by atoms with Crippen LogP contribution in [0.25, 0.3) is 0 Å². The predicted octanol–water partition coefficient (Wildman–Crippen LogP) is 4.30. The van der Waals surface area contributed by atoms with Gasteiger partial charge in [-0.3, -0.25) is 4.79 Å². The van der Waals surface area contributed by atoms with Crippen LogP contribution in [0.15, 0.2) is 54.6 Å². The molecule has 1 N–H and O–H groups in total. The van der Waals surface area contributed by atoms with Gasteiger partial charge in [0.2, 0.25) is 0 Å². The Balaban J connectivity index is 1.58. The van der Waals surface area contributed by atoms with Crippen molar-refractivity contribution in [3.8, 4) is 0 Å². The molecule has 0 saturated carbocycles. The van der Waals surface area contributed by atoms with Gasteiger partial charge >= 0.3 is 6.18 Å². The Labute approximate surface area is 161 Å². The highest BCUT2D eigenvalue weighted by atomic mass is 19.4. The number of hydrogen-bond donors (Lipinski definition) is 1. The second-order valence-electron chi connectivity index (χ2n) is 7.92. The lowest BCUT2D eigenvalue weighted by Gasteiger charge is -2.36. The van der Waals surface area contributed by atoms with E-state index < -0.39 is 17.2 Å². The molecule has 6 heteroatoms. The summed E-state index contributed by atoms with van der Waals surface area (Å²) in [6.07, 6.45) is -1.34. The van der Waals surface area contributed by atoms with Crippen LogP contribution in [-0.4, -0.2) is 34.6 Å². The standard InChI is InChI=1S/C22H22F3NO2/c23-22(24,25)17-8-6-16(7-9-17)20(28)26-18-10-11-19(26)21(13-18,14-27)12-15-4-2-1-3-5-15/h1-9,18-19,27H,10-14H2/t18-,19+,21-/m0/s1. The largest absolute Gasteiger partial charge is 0.416 e. The number of nitrogens with zero attached hydrogens (tertiary/aromatic N) is 1. The molecule has 2 aromatic carbocycles. The fraction of sp³-hybridized carbons (Fsp3) is 0.409. The van der Waals surface area contributed by atoms with Gasteiger partial charge in [0.1, 0.15) is 0 Å². The Hall–Kier alpha value is -2.34. The number of carbonyl (C=O) groups is 1. The van der Waals surface area contributed by atoms with Gasteiger partial charge in [-0.05, 0) is 55.5 Å². The number of aliphatic hydroxyl groups is 1. The van der Waals surface area contributed by atoms with Crippen LogP contribution in [0, 0.1) is 5.41 Å². The van der Waals surface area contributed by atoms with E-state index in [2.05, 4.69) is 0 Å². The van der Waals surface area contributed by atoms with Crippen molar-refractivity contribution in [2.24, 2.45) is 5.41 Å². The van der Waals surface area contributed by atoms with E-state index in [-0.39, 0.29) is 30.2 Å². The van der Waals surface area contributed by atoms with Crippen LogP contribution in [0.1, 0.15) is 40.7 Å². The molecule has 28 heavy (non-hydrogen) atoms. The van der Waals surface area contributed by atoms with Gasteiger partial charge in [0.05, 0.1) is 12.2 Å². The van der Waals surface area contributed by atoms with Crippen LogP contribution in [-0.2, 0) is 12.6 Å². The maximum Gasteiger partial charge on any atom is 0.416 e. The minimum atomic E-state index is -4.42. The van der Waals surface area contributed by atoms with Gasteiger partial charge in [-0.2, -0.15) is 13.2 Å². The van der Waals surface area contributed by atoms with Crippen LogP contribution in [0.3, 0.4) is 0 Å². The van der Waals surface area contributed by atoms with Crippen molar-refractivity contribution in [2.45, 2.75) is 43.9 Å². The topological polar surface area (TPSA) is 40.5 Å². The maximum absolute atomic E-state index is 13.1. The Morgan fingerprint density at radius 1 is 1.07 bits per heavy atom. The lowest BCUT2D eigenvalue weighted by Crippen LogP contribution is -2.43. The van der Waals surface area contributed by atoms with E-state index in [0.717, 1.165) is 37.0 Å². The molecule has 2 bridgehead atoms. The fourth-order valence-electron chi connectivity index (χ4n) is 4.97. The molecule has 3 nitrogen and oxygen atoms in total. The van der Waals surface area contributed by atoms with E-state index in [9.17, 15) is 23.1 Å². The van der Waals surface area contributed by atoms with E-state index >= 15 is 0 Å². The van der Waals surface area contributed by atoms with Crippen LogP contribution >= 0.6 is 0 Å². The first-order valence-corrected chi connectivity index (χ1v) is 9.49. The summed E-state index contributed by atoms with van der Waals surface area (Å²) in [6.45, 7) is -0.0140. The lowest BCUT2D eigenvalue weighted by molar-refractivity contribution is -0.137. The number of benzene rings is 2. The highest BCUT2D eigenvalue weighted by Gasteiger charge is 2.57. The maximum atomic E-state index is 13.1. The Morgan fingerprint density at radius 3 is 2.36 bits per heavy atom. The Morgan fingerprint density at radius 2 is 1.75 bits per heavy atom. The molecule has 0 radical (unpaired) electrons. The van der Waals surface area contributed by atoms with Crippen molar-refractivity contribution in [2.75, 3.05) is 6.61 Å². The number of aliphatic hydroxyl groups excluding tert-OH is 1. The molecular formula is C22H22F3NO2. The molecule has 1 amide bonds. The van der Waals surface area contributed by atoms with Gasteiger partial charge in [-0.1, -0.05) is 30.3 Å². The zero-order valence-electron chi connectivity index (χ0n) is 15.3. The molecule has 2 saturated heterocycles. The first-order chi connectivity index (χ1) is 13.3. The van der Waals surface area contributed by atoms with Gasteiger partial charge in [-0.15, -0.1) is 0 Å². The zero-order valence-corrected chi connectivity index (χ0v) is 15.3. The first kappa shape index (κ1) is 19.0. The highest BCUT2D eigenvalue weighted by Crippen LogP contribution is 2.51. The van der Waals surface area contributed by atoms with Crippen LogP contribution in [0.5, 0.6) is 0 Å². The highest BCUT2D eigenvalue weighted by molar-refractivity contribution is 5.95. The van der Waals surface area contributed by atoms with E-state index in [1.165, 1.54) is 12.1 Å². The normalized spacial score (nSPS) is 26.6. The number of carbonyl (C=O) groups excluding carboxylic acids is 1. The second kappa shape index (κ2) is 6.92. The number of amides is 1. The molecule has 0 aliphatic carbocycles. The average molecular weight is 389 g/mol. The van der Waals surface area contributed by atoms with Gasteiger partial charge in [-0.25, -0.2) is 0 Å². The summed E-state index contributed by atoms with van der Waals surface area (Å²) < 4.78 is 38.4. The van der Waals surface area contributed by atoms with Crippen molar-refractivity contribution in [3.63, 3.8) is 0 Å². The summed E-state index contributed by atoms with van der Waals surface area (Å²) >= 11 is 0. The number of rotatable bonds is 4. The van der Waals surface area contributed by atoms with Gasteiger partial charge in [0, 0.05) is 23.1 Å². The fourth-order valence-corrected chi connectivity index (χ4v) is 4.97. The molecule has 2 fully saturated rings. The third kappa shape index (κ3) is 3.20. The van der Waals surface area contributed by atoms with Gasteiger partial charge in [0.15, 0.2) is 0 Å². The molecule has 0 unspecified atom stereocenters. The molecular weight excluding hydrogens is 367 g/mol. The van der Waals surface area contributed by atoms with Gasteiger partial charge < -0.3 is 10.0 Å². The predicted molar refractivity (Wildman–Crippen MR) is 98.7 cm³/mol. The summed E-state index contributed by atoms with van der Waals surface area (Å²) in [5.74, 6) is -0.246. The molecule has 4 rings (SSSR count). The van der Waals surface area contributed by atoms with E-state index in [1.54, 1.807) is 0 Å². The smallest absolute Gasteiger partial charge is 0.396 e. The summed E-state index contributed by atoms with van der Waals surface area (Å²) in [4.78, 5) is 14.9. The van der Waals surface area contributed by atoms with Crippen LogP contribution < -0.4 is 0 Å². The number of hydrogen-bond acceptors (Lipinski definition) is 2. The SMILES string of the molecule is O=C(c1ccc(C(F)(F)F)cc1)N1[C@H]2CC[C@@H]1[C@@](CO)(Cc1ccccc1)C2. The van der Waals surface area contributed by atoms with Crippen molar-refractivity contribution >= 4 is 5.91 Å². The van der Waals surface area contributed by atoms with E-state index in [0.29, 0.717) is 6.42 Å². The molecule has 2 aliphatic rings. The van der Waals surface area contributed by atoms with Crippen molar-refractivity contribution in [1.29, 1.82) is 0 Å². The van der Waals surface area contributed by atoms with Crippen molar-refractivity contribution in [1.82, 2.24) is 4.90 Å². The number of fused-ring (bicyclic) bond motifs is 2. The van der Waals surface area contributed by atoms with Crippen molar-refractivity contribution in [3.05, 3.63) is 71.3 Å². The quantitative estimate of drug-likeness (QED) is 0.847. The molecule has 148 valence electrons. The number of halogens is 3.